The average molecular weight is 346 g/mol. The minimum absolute atomic E-state index is 0.668. The van der Waals surface area contributed by atoms with Gasteiger partial charge in [-0.3, -0.25) is 0 Å². The molecule has 2 aromatic carbocycles. The molecule has 0 unspecified atom stereocenters. The van der Waals surface area contributed by atoms with Gasteiger partial charge in [-0.15, -0.1) is 0 Å². The molecule has 0 fully saturated rings. The zero-order chi connectivity index (χ0) is 17.8. The van der Waals surface area contributed by atoms with Gasteiger partial charge in [0, 0.05) is 24.8 Å². The van der Waals surface area contributed by atoms with Gasteiger partial charge in [-0.2, -0.15) is 0 Å². The largest absolute Gasteiger partial charge is 0.494 e. The molecule has 132 valence electrons. The molecule has 2 heterocycles. The minimum Gasteiger partial charge on any atom is -0.494 e. The highest BCUT2D eigenvalue weighted by Gasteiger charge is 2.17. The van der Waals surface area contributed by atoms with Crippen LogP contribution in [0.1, 0.15) is 18.1 Å². The molecular weight excluding hydrogens is 324 g/mol. The summed E-state index contributed by atoms with van der Waals surface area (Å²) in [5, 5.41) is 3.34. The highest BCUT2D eigenvalue weighted by Crippen LogP contribution is 2.25. The molecule has 0 saturated heterocycles. The Bertz CT molecular complexity index is 879. The summed E-state index contributed by atoms with van der Waals surface area (Å²) in [4.78, 5) is 11.1. The second-order valence-electron chi connectivity index (χ2n) is 6.28. The number of benzene rings is 2. The number of ether oxygens (including phenoxy) is 1. The Morgan fingerprint density at radius 1 is 1.04 bits per heavy atom. The van der Waals surface area contributed by atoms with Crippen molar-refractivity contribution in [1.29, 1.82) is 0 Å². The Labute approximate surface area is 153 Å². The molecule has 1 aromatic heterocycles. The van der Waals surface area contributed by atoms with Crippen LogP contribution in [0.2, 0.25) is 0 Å². The summed E-state index contributed by atoms with van der Waals surface area (Å²) in [6, 6.07) is 18.5. The van der Waals surface area contributed by atoms with Crippen molar-refractivity contribution in [3.8, 4) is 5.75 Å². The van der Waals surface area contributed by atoms with Crippen molar-refractivity contribution < 1.29 is 4.74 Å². The van der Waals surface area contributed by atoms with Crippen molar-refractivity contribution in [1.82, 2.24) is 9.97 Å². The van der Waals surface area contributed by atoms with Crippen LogP contribution < -0.4 is 15.0 Å². The molecule has 5 heteroatoms. The first-order chi connectivity index (χ1) is 12.8. The quantitative estimate of drug-likeness (QED) is 0.751. The molecular formula is C21H22N4O. The minimum atomic E-state index is 0.668. The Hall–Kier alpha value is -3.08. The molecule has 0 amide bonds. The fraction of sp³-hybridized carbons (Fsp3) is 0.238. The van der Waals surface area contributed by atoms with E-state index in [1.165, 1.54) is 11.1 Å². The summed E-state index contributed by atoms with van der Waals surface area (Å²) < 4.78 is 5.48. The molecule has 4 rings (SSSR count). The van der Waals surface area contributed by atoms with Gasteiger partial charge in [0.05, 0.1) is 6.61 Å². The van der Waals surface area contributed by atoms with Crippen molar-refractivity contribution in [3.63, 3.8) is 0 Å². The first-order valence-electron chi connectivity index (χ1n) is 8.95. The van der Waals surface area contributed by atoms with Crippen LogP contribution in [0.25, 0.3) is 0 Å². The topological polar surface area (TPSA) is 50.3 Å². The van der Waals surface area contributed by atoms with Gasteiger partial charge in [0.2, 0.25) is 0 Å². The number of hydrogen-bond acceptors (Lipinski definition) is 5. The lowest BCUT2D eigenvalue weighted by Crippen LogP contribution is -2.31. The molecule has 26 heavy (non-hydrogen) atoms. The summed E-state index contributed by atoms with van der Waals surface area (Å²) in [6.45, 7) is 4.50. The van der Waals surface area contributed by atoms with E-state index in [0.717, 1.165) is 42.6 Å². The Kier molecular flexibility index (Phi) is 4.69. The predicted octanol–water partition coefficient (Wildman–Crippen LogP) is 4.18. The molecule has 3 aromatic rings. The smallest absolute Gasteiger partial charge is 0.135 e. The van der Waals surface area contributed by atoms with E-state index in [2.05, 4.69) is 44.5 Å². The molecule has 0 radical (unpaired) electrons. The maximum Gasteiger partial charge on any atom is 0.135 e. The third kappa shape index (κ3) is 3.61. The van der Waals surface area contributed by atoms with Crippen LogP contribution >= 0.6 is 0 Å². The molecule has 1 aliphatic rings. The highest BCUT2D eigenvalue weighted by atomic mass is 16.5. The van der Waals surface area contributed by atoms with Crippen LogP contribution in [0.4, 0.5) is 17.3 Å². The number of nitrogens with one attached hydrogen (secondary N) is 1. The number of rotatable bonds is 5. The Morgan fingerprint density at radius 2 is 1.85 bits per heavy atom. The van der Waals surface area contributed by atoms with E-state index in [-0.39, 0.29) is 0 Å². The SMILES string of the molecule is CCOc1ccc(Nc2cc(N3CCc4ccccc4C3)ncn2)cc1. The first kappa shape index (κ1) is 16.4. The summed E-state index contributed by atoms with van der Waals surface area (Å²) >= 11 is 0. The van der Waals surface area contributed by atoms with E-state index >= 15 is 0 Å². The van der Waals surface area contributed by atoms with Gasteiger partial charge >= 0.3 is 0 Å². The third-order valence-electron chi connectivity index (χ3n) is 4.55. The number of nitrogens with zero attached hydrogens (tertiary/aromatic N) is 3. The molecule has 0 bridgehead atoms. The van der Waals surface area contributed by atoms with Gasteiger partial charge in [-0.1, -0.05) is 24.3 Å². The van der Waals surface area contributed by atoms with E-state index < -0.39 is 0 Å². The van der Waals surface area contributed by atoms with Gasteiger partial charge in [0.1, 0.15) is 23.7 Å². The average Bonchev–Trinajstić information content (AvgIpc) is 2.69. The van der Waals surface area contributed by atoms with Gasteiger partial charge in [-0.25, -0.2) is 9.97 Å². The molecule has 0 spiro atoms. The van der Waals surface area contributed by atoms with Crippen molar-refractivity contribution >= 4 is 17.3 Å². The second-order valence-corrected chi connectivity index (χ2v) is 6.28. The predicted molar refractivity (Wildman–Crippen MR) is 104 cm³/mol. The number of hydrogen-bond donors (Lipinski definition) is 1. The summed E-state index contributed by atoms with van der Waals surface area (Å²) in [7, 11) is 0. The standard InChI is InChI=1S/C21H22N4O/c1-2-26-19-9-7-18(8-10-19)24-20-13-21(23-15-22-20)25-12-11-16-5-3-4-6-17(16)14-25/h3-10,13,15H,2,11-12,14H2,1H3,(H,22,23,24). The molecule has 1 aliphatic heterocycles. The van der Waals surface area contributed by atoms with Crippen molar-refractivity contribution in [2.45, 2.75) is 19.9 Å². The van der Waals surface area contributed by atoms with Crippen molar-refractivity contribution in [2.24, 2.45) is 0 Å². The zero-order valence-corrected chi connectivity index (χ0v) is 14.9. The number of fused-ring (bicyclic) bond motifs is 1. The fourth-order valence-electron chi connectivity index (χ4n) is 3.23. The fourth-order valence-corrected chi connectivity index (χ4v) is 3.23. The Morgan fingerprint density at radius 3 is 2.65 bits per heavy atom. The lowest BCUT2D eigenvalue weighted by Gasteiger charge is -2.29. The number of anilines is 3. The van der Waals surface area contributed by atoms with Crippen LogP contribution in [0.15, 0.2) is 60.9 Å². The number of aromatic nitrogens is 2. The molecule has 0 saturated carbocycles. The maximum absolute atomic E-state index is 5.48. The molecule has 0 aliphatic carbocycles. The van der Waals surface area contributed by atoms with Gasteiger partial charge < -0.3 is 15.0 Å². The molecule has 5 nitrogen and oxygen atoms in total. The van der Waals surface area contributed by atoms with Gasteiger partial charge in [0.15, 0.2) is 0 Å². The molecule has 0 atom stereocenters. The summed E-state index contributed by atoms with van der Waals surface area (Å²) in [5.74, 6) is 2.61. The van der Waals surface area contributed by atoms with E-state index in [1.807, 2.05) is 37.3 Å². The second kappa shape index (κ2) is 7.44. The first-order valence-corrected chi connectivity index (χ1v) is 8.95. The monoisotopic (exact) mass is 346 g/mol. The van der Waals surface area contributed by atoms with E-state index in [1.54, 1.807) is 6.33 Å². The highest BCUT2D eigenvalue weighted by molar-refractivity contribution is 5.60. The van der Waals surface area contributed by atoms with Crippen LogP contribution in [-0.2, 0) is 13.0 Å². The maximum atomic E-state index is 5.48. The zero-order valence-electron chi connectivity index (χ0n) is 14.9. The van der Waals surface area contributed by atoms with Crippen LogP contribution in [0.5, 0.6) is 5.75 Å². The molecule has 1 N–H and O–H groups in total. The van der Waals surface area contributed by atoms with Crippen LogP contribution in [-0.4, -0.2) is 23.1 Å². The normalized spacial score (nSPS) is 13.2. The van der Waals surface area contributed by atoms with Crippen molar-refractivity contribution in [3.05, 3.63) is 72.1 Å². The lowest BCUT2D eigenvalue weighted by molar-refractivity contribution is 0.340. The van der Waals surface area contributed by atoms with Gasteiger partial charge in [0.25, 0.3) is 0 Å². The van der Waals surface area contributed by atoms with E-state index in [9.17, 15) is 0 Å². The lowest BCUT2D eigenvalue weighted by atomic mass is 10.00. The van der Waals surface area contributed by atoms with E-state index in [4.69, 9.17) is 4.74 Å². The summed E-state index contributed by atoms with van der Waals surface area (Å²) in [5.41, 5.74) is 3.78. The van der Waals surface area contributed by atoms with Crippen LogP contribution in [0, 0.1) is 0 Å². The Balaban J connectivity index is 1.48. The van der Waals surface area contributed by atoms with Crippen molar-refractivity contribution in [2.75, 3.05) is 23.4 Å². The van der Waals surface area contributed by atoms with E-state index in [0.29, 0.717) is 6.61 Å². The summed E-state index contributed by atoms with van der Waals surface area (Å²) in [6.07, 6.45) is 2.66. The van der Waals surface area contributed by atoms with Crippen LogP contribution in [0.3, 0.4) is 0 Å². The van der Waals surface area contributed by atoms with Gasteiger partial charge in [-0.05, 0) is 48.7 Å². The third-order valence-corrected chi connectivity index (χ3v) is 4.55.